The molecular weight excluding hydrogens is 1070 g/mol. The van der Waals surface area contributed by atoms with Gasteiger partial charge in [-0.1, -0.05) is 117 Å². The minimum Gasteiger partial charge on any atom is -0.492 e. The molecule has 5 aromatic carbocycles. The highest BCUT2D eigenvalue weighted by Gasteiger charge is 2.42. The number of amidine groups is 1. The van der Waals surface area contributed by atoms with E-state index in [1.807, 2.05) is 56.3 Å². The van der Waals surface area contributed by atoms with E-state index >= 15 is 0 Å². The van der Waals surface area contributed by atoms with Gasteiger partial charge < -0.3 is 20.7 Å². The van der Waals surface area contributed by atoms with Crippen molar-refractivity contribution in [2.45, 2.75) is 113 Å². The molecule has 0 spiro atoms. The van der Waals surface area contributed by atoms with Gasteiger partial charge in [0.2, 0.25) is 11.8 Å². The first-order valence-electron chi connectivity index (χ1n) is 24.6. The van der Waals surface area contributed by atoms with Crippen LogP contribution in [-0.4, -0.2) is 64.7 Å². The van der Waals surface area contributed by atoms with E-state index in [1.54, 1.807) is 42.5 Å². The molecule has 1 fully saturated rings. The lowest BCUT2D eigenvalue weighted by Gasteiger charge is -2.19. The molecule has 0 aliphatic carbocycles. The summed E-state index contributed by atoms with van der Waals surface area (Å²) >= 11 is 28.2. The summed E-state index contributed by atoms with van der Waals surface area (Å²) in [5.41, 5.74) is 7.70. The molecule has 396 valence electrons. The van der Waals surface area contributed by atoms with Gasteiger partial charge in [-0.2, -0.15) is 10.1 Å². The molecule has 2 heterocycles. The third-order valence-electron chi connectivity index (χ3n) is 11.4. The lowest BCUT2D eigenvalue weighted by Crippen LogP contribution is -2.36. The number of hydrogen-bond donors (Lipinski definition) is 4. The first kappa shape index (κ1) is 58.5. The van der Waals surface area contributed by atoms with E-state index in [0.717, 1.165) is 41.0 Å². The summed E-state index contributed by atoms with van der Waals surface area (Å²) in [4.78, 5) is 69.0. The number of nitrogens with zero attached hydrogens (tertiary/aromatic N) is 4. The van der Waals surface area contributed by atoms with Crippen molar-refractivity contribution in [1.29, 1.82) is 0 Å². The van der Waals surface area contributed by atoms with Crippen LogP contribution in [0.3, 0.4) is 0 Å². The van der Waals surface area contributed by atoms with Gasteiger partial charge >= 0.3 is 0 Å². The molecule has 1 saturated heterocycles. The summed E-state index contributed by atoms with van der Waals surface area (Å²) in [5.74, 6) is -0.0745. The third kappa shape index (κ3) is 16.4. The topological polar surface area (TPSA) is 174 Å². The summed E-state index contributed by atoms with van der Waals surface area (Å²) in [7, 11) is 0. The Morgan fingerprint density at radius 3 is 2.08 bits per heavy atom. The zero-order valence-electron chi connectivity index (χ0n) is 42.5. The molecular formula is C55H60Cl4N8O6S2. The Hall–Kier alpha value is -5.75. The van der Waals surface area contributed by atoms with Crippen LogP contribution in [0.4, 0.5) is 28.4 Å². The number of aryl methyl sites for hydroxylation is 1. The summed E-state index contributed by atoms with van der Waals surface area (Å²) in [5, 5.41) is 15.3. The van der Waals surface area contributed by atoms with Gasteiger partial charge in [-0.15, -0.1) is 23.5 Å². The molecule has 2 unspecified atom stereocenters. The molecule has 0 radical (unpaired) electrons. The molecule has 0 aromatic heterocycles. The molecule has 2 aliphatic rings. The number of carbonyl (C=O) groups is 5. The van der Waals surface area contributed by atoms with Gasteiger partial charge in [0.1, 0.15) is 27.8 Å². The second-order valence-corrected chi connectivity index (χ2v) is 21.6. The number of benzene rings is 5. The van der Waals surface area contributed by atoms with Crippen LogP contribution < -0.4 is 36.1 Å². The van der Waals surface area contributed by atoms with E-state index in [-0.39, 0.29) is 45.3 Å². The fourth-order valence-electron chi connectivity index (χ4n) is 7.68. The van der Waals surface area contributed by atoms with Gasteiger partial charge in [-0.05, 0) is 111 Å². The largest absolute Gasteiger partial charge is 0.492 e. The number of para-hydroxylation sites is 1. The van der Waals surface area contributed by atoms with Crippen LogP contribution >= 0.6 is 69.9 Å². The van der Waals surface area contributed by atoms with Crippen LogP contribution in [0.5, 0.6) is 5.75 Å². The molecule has 5 amide bonds. The van der Waals surface area contributed by atoms with Crippen molar-refractivity contribution in [3.8, 4) is 5.75 Å². The number of rotatable bonds is 21. The Balaban J connectivity index is 0.000000246. The quantitative estimate of drug-likeness (QED) is 0.0522. The first-order valence-corrected chi connectivity index (χ1v) is 27.9. The summed E-state index contributed by atoms with van der Waals surface area (Å²) in [6, 6.07) is 28.1. The second kappa shape index (κ2) is 28.4. The number of ether oxygens (including phenoxy) is 1. The van der Waals surface area contributed by atoms with E-state index in [2.05, 4.69) is 40.3 Å². The maximum atomic E-state index is 13.9. The highest BCUT2D eigenvalue weighted by atomic mass is 35.5. The van der Waals surface area contributed by atoms with E-state index in [9.17, 15) is 24.0 Å². The zero-order chi connectivity index (χ0) is 54.2. The molecule has 7 rings (SSSR count). The van der Waals surface area contributed by atoms with Crippen molar-refractivity contribution >= 4 is 139 Å². The van der Waals surface area contributed by atoms with Crippen LogP contribution in [0.2, 0.25) is 20.1 Å². The van der Waals surface area contributed by atoms with E-state index in [4.69, 9.17) is 56.1 Å². The SMILES string of the molecule is CCCCCCCCNC(=O)c1ccc(N2N=C(C)C(Sc3ccccc3NC(C)=O)C2=O)cc1.CCCCOc1ccc(C)cc1SC1C(=O)N(c2c(Cl)cc(Cl)cc2Cl)NC1=Nc1cc(NC(C)=O)ccc1Cl. The number of hydrazine groups is 1. The number of thioether (sulfide) groups is 2. The average Bonchev–Trinajstić information content (AvgIpc) is 3.81. The van der Waals surface area contributed by atoms with E-state index in [1.165, 1.54) is 85.2 Å². The van der Waals surface area contributed by atoms with Crippen molar-refractivity contribution < 1.29 is 28.7 Å². The van der Waals surface area contributed by atoms with Crippen LogP contribution in [0.1, 0.15) is 102 Å². The van der Waals surface area contributed by atoms with Crippen LogP contribution in [0.25, 0.3) is 0 Å². The molecule has 2 aliphatic heterocycles. The first-order chi connectivity index (χ1) is 36.0. The molecule has 4 N–H and O–H groups in total. The Labute approximate surface area is 467 Å². The Kier molecular flexibility index (Phi) is 22.2. The van der Waals surface area contributed by atoms with Crippen LogP contribution in [0.15, 0.2) is 117 Å². The fraction of sp³-hybridized carbons (Fsp3) is 0.327. The number of hydrogen-bond acceptors (Lipinski definition) is 10. The average molecular weight is 1140 g/mol. The van der Waals surface area contributed by atoms with Gasteiger partial charge in [0.15, 0.2) is 0 Å². The van der Waals surface area contributed by atoms with Crippen molar-refractivity contribution in [3.05, 3.63) is 128 Å². The summed E-state index contributed by atoms with van der Waals surface area (Å²) in [6.45, 7) is 12.2. The van der Waals surface area contributed by atoms with Gasteiger partial charge in [0.05, 0.1) is 49.3 Å². The highest BCUT2D eigenvalue weighted by molar-refractivity contribution is 8.01. The lowest BCUT2D eigenvalue weighted by molar-refractivity contribution is -0.117. The van der Waals surface area contributed by atoms with E-state index < -0.39 is 10.5 Å². The van der Waals surface area contributed by atoms with Gasteiger partial charge in [-0.25, -0.2) is 10.0 Å². The second-order valence-electron chi connectivity index (χ2n) is 17.6. The van der Waals surface area contributed by atoms with Crippen molar-refractivity contribution in [1.82, 2.24) is 10.7 Å². The molecule has 20 heteroatoms. The number of nitrogens with one attached hydrogen (secondary N) is 4. The normalized spacial score (nSPS) is 15.5. The number of carbonyl (C=O) groups excluding carboxylic acids is 5. The Bertz CT molecular complexity index is 2920. The minimum atomic E-state index is -0.835. The van der Waals surface area contributed by atoms with Gasteiger partial charge in [-0.3, -0.25) is 29.4 Å². The van der Waals surface area contributed by atoms with Crippen LogP contribution in [0, 0.1) is 6.92 Å². The van der Waals surface area contributed by atoms with Crippen molar-refractivity contribution in [2.24, 2.45) is 10.1 Å². The fourth-order valence-corrected chi connectivity index (χ4v) is 11.1. The third-order valence-corrected chi connectivity index (χ3v) is 15.2. The molecule has 5 aromatic rings. The summed E-state index contributed by atoms with van der Waals surface area (Å²) in [6.07, 6.45) is 8.96. The van der Waals surface area contributed by atoms with Crippen LogP contribution in [-0.2, 0) is 19.2 Å². The Morgan fingerprint density at radius 1 is 0.720 bits per heavy atom. The predicted octanol–water partition coefficient (Wildman–Crippen LogP) is 14.1. The maximum Gasteiger partial charge on any atom is 0.267 e. The predicted molar refractivity (Wildman–Crippen MR) is 309 cm³/mol. The molecule has 14 nitrogen and oxygen atoms in total. The van der Waals surface area contributed by atoms with Crippen molar-refractivity contribution in [3.63, 3.8) is 0 Å². The monoisotopic (exact) mass is 1130 g/mol. The standard InChI is InChI=1S/C28H26Cl4N4O3S.C27H34N4O3S/c1-4-5-10-39-23-9-6-15(2)11-24(23)40-26-27(34-22-14-18(33-16(3)37)7-8-19(22)30)35-36(28(26)38)25-20(31)12-17(29)13-21(25)32;1-4-5-6-7-8-11-18-28-26(33)21-14-16-22(17-15-21)31-27(34)25(19(2)30-31)35-24-13-10-9-12-23(24)29-20(3)32/h6-9,11-14,26H,4-5,10H2,1-3H3,(H,33,37)(H,34,35);9-10,12-17,25H,4-8,11,18H2,1-3H3,(H,28,33)(H,29,32). The summed E-state index contributed by atoms with van der Waals surface area (Å²) < 4.78 is 6.04. The minimum absolute atomic E-state index is 0.111. The number of aliphatic imine (C=N–C) groups is 1. The van der Waals surface area contributed by atoms with E-state index in [0.29, 0.717) is 68.8 Å². The number of hydrazone groups is 1. The maximum absolute atomic E-state index is 13.9. The smallest absolute Gasteiger partial charge is 0.267 e. The number of halogens is 4. The molecule has 0 saturated carbocycles. The van der Waals surface area contributed by atoms with Gasteiger partial charge in [0.25, 0.3) is 17.7 Å². The number of anilines is 4. The number of unbranched alkanes of at least 4 members (excludes halogenated alkanes) is 6. The lowest BCUT2D eigenvalue weighted by atomic mass is 10.1. The molecule has 2 atom stereocenters. The van der Waals surface area contributed by atoms with Crippen molar-refractivity contribution in [2.75, 3.05) is 33.8 Å². The highest BCUT2D eigenvalue weighted by Crippen LogP contribution is 2.42. The Morgan fingerprint density at radius 2 is 1.39 bits per heavy atom. The molecule has 75 heavy (non-hydrogen) atoms. The number of amides is 5. The molecule has 0 bridgehead atoms. The van der Waals surface area contributed by atoms with Gasteiger partial charge in [0, 0.05) is 41.6 Å². The zero-order valence-corrected chi connectivity index (χ0v) is 47.2.